The molecule has 2 fully saturated rings. The largest absolute Gasteiger partial charge is 0.497 e. The van der Waals surface area contributed by atoms with Gasteiger partial charge in [-0.3, -0.25) is 9.69 Å². The summed E-state index contributed by atoms with van der Waals surface area (Å²) in [5.74, 6) is 1.46. The lowest BCUT2D eigenvalue weighted by Crippen LogP contribution is -2.45. The molecule has 3 rings (SSSR count). The molecular weight excluding hydrogens is 373 g/mol. The summed E-state index contributed by atoms with van der Waals surface area (Å²) < 4.78 is 5.21. The van der Waals surface area contributed by atoms with Crippen LogP contribution in [0.25, 0.3) is 0 Å². The fourth-order valence-corrected chi connectivity index (χ4v) is 3.99. The zero-order chi connectivity index (χ0) is 17.6. The molecule has 1 aromatic rings. The zero-order valence-corrected chi connectivity index (χ0v) is 16.9. The van der Waals surface area contributed by atoms with Crippen LogP contribution in [0.2, 0.25) is 5.02 Å². The highest BCUT2D eigenvalue weighted by Gasteiger charge is 2.24. The van der Waals surface area contributed by atoms with Gasteiger partial charge in [0.15, 0.2) is 0 Å². The van der Waals surface area contributed by atoms with Crippen LogP contribution in [0.5, 0.6) is 5.75 Å². The van der Waals surface area contributed by atoms with E-state index in [-0.39, 0.29) is 24.4 Å². The van der Waals surface area contributed by atoms with Crippen LogP contribution in [-0.2, 0) is 11.3 Å². The summed E-state index contributed by atoms with van der Waals surface area (Å²) in [4.78, 5) is 14.6. The normalized spacial score (nSPS) is 23.3. The van der Waals surface area contributed by atoms with Crippen molar-refractivity contribution in [1.29, 1.82) is 0 Å². The number of hydrogen-bond acceptors (Lipinski definition) is 4. The van der Waals surface area contributed by atoms with E-state index in [1.807, 2.05) is 18.2 Å². The molecule has 1 amide bonds. The molecule has 2 heterocycles. The van der Waals surface area contributed by atoms with Crippen molar-refractivity contribution < 1.29 is 9.53 Å². The van der Waals surface area contributed by atoms with E-state index in [0.29, 0.717) is 5.92 Å². The Bertz CT molecular complexity index is 594. The van der Waals surface area contributed by atoms with Gasteiger partial charge in [0.05, 0.1) is 13.2 Å². The van der Waals surface area contributed by atoms with Crippen LogP contribution >= 0.6 is 24.0 Å². The first-order valence-electron chi connectivity index (χ1n) is 9.21. The van der Waals surface area contributed by atoms with Crippen molar-refractivity contribution in [2.75, 3.05) is 33.3 Å². The Morgan fingerprint density at radius 2 is 2.23 bits per heavy atom. The van der Waals surface area contributed by atoms with Crippen molar-refractivity contribution >= 4 is 29.9 Å². The number of hydrogen-bond donors (Lipinski definition) is 2. The van der Waals surface area contributed by atoms with Crippen LogP contribution < -0.4 is 15.4 Å². The van der Waals surface area contributed by atoms with Crippen molar-refractivity contribution in [3.05, 3.63) is 28.8 Å². The van der Waals surface area contributed by atoms with E-state index < -0.39 is 0 Å². The van der Waals surface area contributed by atoms with E-state index in [9.17, 15) is 4.79 Å². The average molecular weight is 402 g/mol. The minimum Gasteiger partial charge on any atom is -0.497 e. The number of rotatable bonds is 6. The highest BCUT2D eigenvalue weighted by Crippen LogP contribution is 2.25. The number of carbonyl (C=O) groups excluding carboxylic acids is 1. The third-order valence-electron chi connectivity index (χ3n) is 5.20. The highest BCUT2D eigenvalue weighted by molar-refractivity contribution is 6.31. The van der Waals surface area contributed by atoms with Crippen molar-refractivity contribution in [2.45, 2.75) is 38.3 Å². The van der Waals surface area contributed by atoms with Crippen LogP contribution in [0.4, 0.5) is 0 Å². The number of likely N-dealkylation sites (tertiary alicyclic amines) is 1. The maximum Gasteiger partial charge on any atom is 0.237 e. The fourth-order valence-electron chi connectivity index (χ4n) is 3.76. The number of benzene rings is 1. The fraction of sp³-hybridized carbons (Fsp3) is 0.632. The third-order valence-corrected chi connectivity index (χ3v) is 5.55. The maximum absolute atomic E-state index is 12.1. The molecule has 0 bridgehead atoms. The Kier molecular flexibility index (Phi) is 8.48. The minimum absolute atomic E-state index is 0. The maximum atomic E-state index is 12.1. The number of nitrogens with zero attached hydrogens (tertiary/aromatic N) is 1. The van der Waals surface area contributed by atoms with E-state index in [1.165, 1.54) is 6.42 Å². The number of amides is 1. The molecule has 1 aromatic carbocycles. The number of piperidine rings is 1. The molecule has 0 radical (unpaired) electrons. The topological polar surface area (TPSA) is 53.6 Å². The SMILES string of the molecule is COc1ccc(CN2CCCC(CNC(=O)C3CCCN3)C2)c(Cl)c1.Cl. The Hall–Kier alpha value is -1.01. The van der Waals surface area contributed by atoms with Crippen molar-refractivity contribution in [3.8, 4) is 5.75 Å². The van der Waals surface area contributed by atoms with Crippen LogP contribution in [-0.4, -0.2) is 50.1 Å². The number of ether oxygens (including phenoxy) is 1. The van der Waals surface area contributed by atoms with E-state index in [2.05, 4.69) is 15.5 Å². The highest BCUT2D eigenvalue weighted by atomic mass is 35.5. The number of halogens is 2. The Labute approximate surface area is 167 Å². The Morgan fingerprint density at radius 3 is 2.92 bits per heavy atom. The monoisotopic (exact) mass is 401 g/mol. The molecule has 2 atom stereocenters. The van der Waals surface area contributed by atoms with Gasteiger partial charge < -0.3 is 15.4 Å². The summed E-state index contributed by atoms with van der Waals surface area (Å²) in [7, 11) is 1.65. The molecule has 2 N–H and O–H groups in total. The smallest absolute Gasteiger partial charge is 0.237 e. The molecule has 0 aromatic heterocycles. The van der Waals surface area contributed by atoms with E-state index >= 15 is 0 Å². The van der Waals surface area contributed by atoms with E-state index in [0.717, 1.165) is 68.3 Å². The number of methoxy groups -OCH3 is 1. The molecule has 2 aliphatic rings. The molecule has 0 spiro atoms. The summed E-state index contributed by atoms with van der Waals surface area (Å²) in [5.41, 5.74) is 1.13. The number of carbonyl (C=O) groups is 1. The molecule has 2 saturated heterocycles. The van der Waals surface area contributed by atoms with Gasteiger partial charge in [-0.15, -0.1) is 12.4 Å². The first kappa shape index (κ1) is 21.3. The van der Waals surface area contributed by atoms with Gasteiger partial charge in [-0.25, -0.2) is 0 Å². The lowest BCUT2D eigenvalue weighted by molar-refractivity contribution is -0.123. The second kappa shape index (κ2) is 10.4. The molecule has 5 nitrogen and oxygen atoms in total. The number of nitrogens with one attached hydrogen (secondary N) is 2. The van der Waals surface area contributed by atoms with Crippen LogP contribution in [0.1, 0.15) is 31.2 Å². The van der Waals surface area contributed by atoms with E-state index in [1.54, 1.807) is 7.11 Å². The molecule has 7 heteroatoms. The second-order valence-corrected chi connectivity index (χ2v) is 7.50. The van der Waals surface area contributed by atoms with Crippen LogP contribution in [0, 0.1) is 5.92 Å². The van der Waals surface area contributed by atoms with Gasteiger partial charge in [-0.2, -0.15) is 0 Å². The van der Waals surface area contributed by atoms with Gasteiger partial charge in [0.2, 0.25) is 5.91 Å². The van der Waals surface area contributed by atoms with Crippen molar-refractivity contribution in [1.82, 2.24) is 15.5 Å². The quantitative estimate of drug-likeness (QED) is 0.769. The first-order valence-corrected chi connectivity index (χ1v) is 9.59. The summed E-state index contributed by atoms with van der Waals surface area (Å²) in [6.07, 6.45) is 4.39. The molecule has 0 aliphatic carbocycles. The van der Waals surface area contributed by atoms with Gasteiger partial charge in [0.25, 0.3) is 0 Å². The van der Waals surface area contributed by atoms with Gasteiger partial charge in [0.1, 0.15) is 5.75 Å². The predicted octanol–water partition coefficient (Wildman–Crippen LogP) is 2.85. The lowest BCUT2D eigenvalue weighted by atomic mass is 9.97. The summed E-state index contributed by atoms with van der Waals surface area (Å²) in [5, 5.41) is 7.14. The van der Waals surface area contributed by atoms with Gasteiger partial charge >= 0.3 is 0 Å². The minimum atomic E-state index is 0. The summed E-state index contributed by atoms with van der Waals surface area (Å²) in [6, 6.07) is 5.88. The predicted molar refractivity (Wildman–Crippen MR) is 107 cm³/mol. The Balaban J connectivity index is 0.00000243. The molecule has 146 valence electrons. The summed E-state index contributed by atoms with van der Waals surface area (Å²) >= 11 is 6.37. The average Bonchev–Trinajstić information content (AvgIpc) is 3.16. The van der Waals surface area contributed by atoms with Gasteiger partial charge in [-0.1, -0.05) is 17.7 Å². The van der Waals surface area contributed by atoms with Crippen LogP contribution in [0.3, 0.4) is 0 Å². The molecule has 2 aliphatic heterocycles. The van der Waals surface area contributed by atoms with Crippen LogP contribution in [0.15, 0.2) is 18.2 Å². The third kappa shape index (κ3) is 5.74. The lowest BCUT2D eigenvalue weighted by Gasteiger charge is -2.33. The second-order valence-electron chi connectivity index (χ2n) is 7.09. The van der Waals surface area contributed by atoms with Crippen molar-refractivity contribution in [3.63, 3.8) is 0 Å². The Morgan fingerprint density at radius 1 is 1.38 bits per heavy atom. The van der Waals surface area contributed by atoms with Gasteiger partial charge in [0, 0.05) is 24.7 Å². The van der Waals surface area contributed by atoms with Gasteiger partial charge in [-0.05, 0) is 62.4 Å². The molecule has 2 unspecified atom stereocenters. The first-order chi connectivity index (χ1) is 12.2. The molecular formula is C19H29Cl2N3O2. The standard InChI is InChI=1S/C19H28ClN3O2.ClH/c1-25-16-7-6-15(17(20)10-16)13-23-9-3-4-14(12-23)11-22-19(24)18-5-2-8-21-18;/h6-7,10,14,18,21H,2-5,8-9,11-13H2,1H3,(H,22,24);1H. The van der Waals surface area contributed by atoms with E-state index in [4.69, 9.17) is 16.3 Å². The zero-order valence-electron chi connectivity index (χ0n) is 15.3. The molecule has 26 heavy (non-hydrogen) atoms. The molecule has 0 saturated carbocycles. The van der Waals surface area contributed by atoms with Crippen molar-refractivity contribution in [2.24, 2.45) is 5.92 Å². The summed E-state index contributed by atoms with van der Waals surface area (Å²) in [6.45, 7) is 4.65.